The Labute approximate surface area is 115 Å². The third kappa shape index (κ3) is 3.93. The molecule has 1 aliphatic heterocycles. The molecule has 1 aromatic heterocycles. The molecule has 2 heterocycles. The van der Waals surface area contributed by atoms with E-state index in [4.69, 9.17) is 4.52 Å². The molecular formula is C12H23ClN4O. The maximum absolute atomic E-state index is 5.27. The van der Waals surface area contributed by atoms with E-state index in [2.05, 4.69) is 41.3 Å². The van der Waals surface area contributed by atoms with Gasteiger partial charge in [0.1, 0.15) is 0 Å². The van der Waals surface area contributed by atoms with Crippen molar-refractivity contribution >= 4 is 12.4 Å². The van der Waals surface area contributed by atoms with E-state index in [1.807, 2.05) is 0 Å². The van der Waals surface area contributed by atoms with Gasteiger partial charge in [0.15, 0.2) is 5.82 Å². The Balaban J connectivity index is 0.00000162. The first kappa shape index (κ1) is 15.4. The second-order valence-electron chi connectivity index (χ2n) is 5.10. The summed E-state index contributed by atoms with van der Waals surface area (Å²) in [7, 11) is 2.13. The molecule has 0 aliphatic carbocycles. The second kappa shape index (κ2) is 7.07. The van der Waals surface area contributed by atoms with Crippen LogP contribution in [-0.4, -0.2) is 41.2 Å². The SMILES string of the molecule is CC(C)c1noc(CN(C)C2CCNCC2)n1.Cl. The zero-order valence-corrected chi connectivity index (χ0v) is 12.2. The van der Waals surface area contributed by atoms with Gasteiger partial charge in [0.25, 0.3) is 0 Å². The normalized spacial score (nSPS) is 17.2. The number of nitrogens with zero attached hydrogens (tertiary/aromatic N) is 3. The van der Waals surface area contributed by atoms with Crippen molar-refractivity contribution in [1.29, 1.82) is 0 Å². The lowest BCUT2D eigenvalue weighted by molar-refractivity contribution is 0.171. The average Bonchev–Trinajstić information content (AvgIpc) is 2.79. The monoisotopic (exact) mass is 274 g/mol. The fraction of sp³-hybridized carbons (Fsp3) is 0.833. The average molecular weight is 275 g/mol. The summed E-state index contributed by atoms with van der Waals surface area (Å²) in [6.45, 7) is 7.12. The number of halogens is 1. The first-order chi connectivity index (χ1) is 8.16. The minimum absolute atomic E-state index is 0. The Morgan fingerprint density at radius 3 is 2.61 bits per heavy atom. The van der Waals surface area contributed by atoms with Crippen molar-refractivity contribution < 1.29 is 4.52 Å². The van der Waals surface area contributed by atoms with E-state index in [-0.39, 0.29) is 12.4 Å². The molecule has 1 saturated heterocycles. The molecule has 2 rings (SSSR count). The van der Waals surface area contributed by atoms with Crippen LogP contribution in [0.4, 0.5) is 0 Å². The number of hydrogen-bond acceptors (Lipinski definition) is 5. The van der Waals surface area contributed by atoms with Crippen LogP contribution in [0.2, 0.25) is 0 Å². The van der Waals surface area contributed by atoms with Crippen LogP contribution in [0.5, 0.6) is 0 Å². The van der Waals surface area contributed by atoms with Crippen LogP contribution >= 0.6 is 12.4 Å². The van der Waals surface area contributed by atoms with Crippen LogP contribution in [0.15, 0.2) is 4.52 Å². The lowest BCUT2D eigenvalue weighted by atomic mass is 10.1. The summed E-state index contributed by atoms with van der Waals surface area (Å²) in [4.78, 5) is 6.73. The van der Waals surface area contributed by atoms with Gasteiger partial charge in [-0.05, 0) is 33.0 Å². The van der Waals surface area contributed by atoms with Crippen LogP contribution in [0.1, 0.15) is 44.3 Å². The number of hydrogen-bond donors (Lipinski definition) is 1. The minimum Gasteiger partial charge on any atom is -0.338 e. The molecule has 0 aromatic carbocycles. The highest BCUT2D eigenvalue weighted by Gasteiger charge is 2.20. The van der Waals surface area contributed by atoms with Gasteiger partial charge in [-0.1, -0.05) is 19.0 Å². The Morgan fingerprint density at radius 2 is 2.06 bits per heavy atom. The first-order valence-corrected chi connectivity index (χ1v) is 6.40. The molecule has 18 heavy (non-hydrogen) atoms. The quantitative estimate of drug-likeness (QED) is 0.907. The fourth-order valence-electron chi connectivity index (χ4n) is 2.16. The standard InChI is InChI=1S/C12H22N4O.ClH/c1-9(2)12-14-11(17-15-12)8-16(3)10-4-6-13-7-5-10;/h9-10,13H,4-8H2,1-3H3;1H. The molecular weight excluding hydrogens is 252 g/mol. The van der Waals surface area contributed by atoms with E-state index in [0.717, 1.165) is 31.3 Å². The predicted molar refractivity (Wildman–Crippen MR) is 73.0 cm³/mol. The van der Waals surface area contributed by atoms with Gasteiger partial charge in [-0.25, -0.2) is 0 Å². The summed E-state index contributed by atoms with van der Waals surface area (Å²) < 4.78 is 5.27. The smallest absolute Gasteiger partial charge is 0.240 e. The molecule has 6 heteroatoms. The highest BCUT2D eigenvalue weighted by molar-refractivity contribution is 5.85. The second-order valence-corrected chi connectivity index (χ2v) is 5.10. The molecule has 0 saturated carbocycles. The Bertz CT molecular complexity index is 350. The Hall–Kier alpha value is -0.650. The van der Waals surface area contributed by atoms with Crippen molar-refractivity contribution in [1.82, 2.24) is 20.4 Å². The van der Waals surface area contributed by atoms with Gasteiger partial charge in [0.05, 0.1) is 6.54 Å². The number of aromatic nitrogens is 2. The van der Waals surface area contributed by atoms with E-state index in [9.17, 15) is 0 Å². The van der Waals surface area contributed by atoms with Crippen molar-refractivity contribution in [3.63, 3.8) is 0 Å². The molecule has 1 aliphatic rings. The maximum atomic E-state index is 5.27. The van der Waals surface area contributed by atoms with Gasteiger partial charge in [0, 0.05) is 12.0 Å². The van der Waals surface area contributed by atoms with Crippen molar-refractivity contribution in [3.05, 3.63) is 11.7 Å². The van der Waals surface area contributed by atoms with E-state index < -0.39 is 0 Å². The Kier molecular flexibility index (Phi) is 6.05. The summed E-state index contributed by atoms with van der Waals surface area (Å²) in [6, 6.07) is 0.630. The topological polar surface area (TPSA) is 54.2 Å². The van der Waals surface area contributed by atoms with E-state index in [1.165, 1.54) is 12.8 Å². The van der Waals surface area contributed by atoms with Gasteiger partial charge in [-0.3, -0.25) is 4.90 Å². The highest BCUT2D eigenvalue weighted by atomic mass is 35.5. The lowest BCUT2D eigenvalue weighted by Gasteiger charge is -2.30. The number of rotatable bonds is 4. The predicted octanol–water partition coefficient (Wildman–Crippen LogP) is 1.80. The summed E-state index contributed by atoms with van der Waals surface area (Å²) in [5.74, 6) is 1.87. The van der Waals surface area contributed by atoms with Gasteiger partial charge < -0.3 is 9.84 Å². The third-order valence-electron chi connectivity index (χ3n) is 3.32. The number of piperidine rings is 1. The fourth-order valence-corrected chi connectivity index (χ4v) is 2.16. The van der Waals surface area contributed by atoms with Gasteiger partial charge in [0.2, 0.25) is 5.89 Å². The van der Waals surface area contributed by atoms with Gasteiger partial charge >= 0.3 is 0 Å². The molecule has 104 valence electrons. The van der Waals surface area contributed by atoms with Crippen LogP contribution in [0, 0.1) is 0 Å². The molecule has 5 nitrogen and oxygen atoms in total. The van der Waals surface area contributed by atoms with Crippen LogP contribution < -0.4 is 5.32 Å². The highest BCUT2D eigenvalue weighted by Crippen LogP contribution is 2.14. The van der Waals surface area contributed by atoms with E-state index in [0.29, 0.717) is 12.0 Å². The third-order valence-corrected chi connectivity index (χ3v) is 3.32. The molecule has 0 bridgehead atoms. The summed E-state index contributed by atoms with van der Waals surface area (Å²) in [6.07, 6.45) is 2.39. The van der Waals surface area contributed by atoms with E-state index >= 15 is 0 Å². The van der Waals surface area contributed by atoms with E-state index in [1.54, 1.807) is 0 Å². The number of nitrogens with one attached hydrogen (secondary N) is 1. The largest absolute Gasteiger partial charge is 0.338 e. The lowest BCUT2D eigenvalue weighted by Crippen LogP contribution is -2.40. The molecule has 0 atom stereocenters. The van der Waals surface area contributed by atoms with Gasteiger partial charge in [-0.2, -0.15) is 4.98 Å². The summed E-state index contributed by atoms with van der Waals surface area (Å²) in [5.41, 5.74) is 0. The summed E-state index contributed by atoms with van der Waals surface area (Å²) in [5, 5.41) is 7.36. The molecule has 0 amide bonds. The molecule has 0 spiro atoms. The Morgan fingerprint density at radius 1 is 1.39 bits per heavy atom. The summed E-state index contributed by atoms with van der Waals surface area (Å²) >= 11 is 0. The molecule has 0 unspecified atom stereocenters. The van der Waals surface area contributed by atoms with Crippen LogP contribution in [-0.2, 0) is 6.54 Å². The zero-order valence-electron chi connectivity index (χ0n) is 11.3. The van der Waals surface area contributed by atoms with Crippen LogP contribution in [0.3, 0.4) is 0 Å². The van der Waals surface area contributed by atoms with Crippen molar-refractivity contribution in [3.8, 4) is 0 Å². The minimum atomic E-state index is 0. The maximum Gasteiger partial charge on any atom is 0.240 e. The van der Waals surface area contributed by atoms with Crippen molar-refractivity contribution in [2.24, 2.45) is 0 Å². The van der Waals surface area contributed by atoms with Crippen LogP contribution in [0.25, 0.3) is 0 Å². The van der Waals surface area contributed by atoms with Crippen molar-refractivity contribution in [2.45, 2.75) is 45.2 Å². The first-order valence-electron chi connectivity index (χ1n) is 6.40. The zero-order chi connectivity index (χ0) is 12.3. The molecule has 0 radical (unpaired) electrons. The molecule has 1 aromatic rings. The van der Waals surface area contributed by atoms with Crippen molar-refractivity contribution in [2.75, 3.05) is 20.1 Å². The van der Waals surface area contributed by atoms with Gasteiger partial charge in [-0.15, -0.1) is 12.4 Å². The molecule has 1 fully saturated rings. The molecule has 1 N–H and O–H groups in total.